The van der Waals surface area contributed by atoms with Crippen LogP contribution in [0.3, 0.4) is 0 Å². The molecular weight excluding hydrogens is 351 g/mol. The average molecular weight is 362 g/mol. The normalized spacial score (nSPS) is 13.6. The number of ether oxygens (including phenoxy) is 1. The summed E-state index contributed by atoms with van der Waals surface area (Å²) >= 11 is 18.6. The Kier molecular flexibility index (Phi) is 4.07. The number of rotatable bonds is 2. The van der Waals surface area contributed by atoms with Gasteiger partial charge in [0.2, 0.25) is 5.91 Å². The van der Waals surface area contributed by atoms with E-state index >= 15 is 0 Å². The van der Waals surface area contributed by atoms with Crippen molar-refractivity contribution in [3.05, 3.63) is 32.4 Å². The number of benzene rings is 1. The van der Waals surface area contributed by atoms with Gasteiger partial charge in [-0.15, -0.1) is 0 Å². The van der Waals surface area contributed by atoms with Gasteiger partial charge in [0.15, 0.2) is 0 Å². The zero-order chi connectivity index (χ0) is 16.0. The highest BCUT2D eigenvalue weighted by atomic mass is 35.5. The number of hydrogen-bond donors (Lipinski definition) is 1. The average Bonchev–Trinajstić information content (AvgIpc) is 2.97. The molecule has 0 aliphatic carbocycles. The lowest BCUT2D eigenvalue weighted by Gasteiger charge is -2.13. The lowest BCUT2D eigenvalue weighted by molar-refractivity contribution is -0.134. The van der Waals surface area contributed by atoms with E-state index in [1.165, 1.54) is 12.0 Å². The number of pyridine rings is 1. The Labute approximate surface area is 141 Å². The van der Waals surface area contributed by atoms with Crippen molar-refractivity contribution in [2.24, 2.45) is 0 Å². The Bertz CT molecular complexity index is 795. The Hall–Kier alpha value is -1.27. The molecule has 1 aromatic heterocycles. The molecule has 22 heavy (non-hydrogen) atoms. The minimum absolute atomic E-state index is 0.257. The summed E-state index contributed by atoms with van der Waals surface area (Å²) in [5.74, 6) is 0.0601. The summed E-state index contributed by atoms with van der Waals surface area (Å²) in [6.45, 7) is 0.0838. The van der Waals surface area contributed by atoms with E-state index in [0.717, 1.165) is 16.5 Å². The smallest absolute Gasteiger partial charge is 0.248 e. The van der Waals surface area contributed by atoms with E-state index in [1.807, 2.05) is 0 Å². The maximum absolute atomic E-state index is 11.7. The standard InChI is InChI=1S/C14H11Cl3N2O3/c1-22-9-2-6-7-3-19(10(21)5-20)4-8(7)14(17)18-13(6)12(16)11(9)15/h2,20H,3-5H2,1H3. The largest absolute Gasteiger partial charge is 0.495 e. The molecule has 0 radical (unpaired) electrons. The summed E-state index contributed by atoms with van der Waals surface area (Å²) in [5, 5.41) is 10.6. The van der Waals surface area contributed by atoms with Gasteiger partial charge in [-0.2, -0.15) is 0 Å². The van der Waals surface area contributed by atoms with E-state index in [2.05, 4.69) is 4.98 Å². The third kappa shape index (κ3) is 2.29. The fraction of sp³-hybridized carbons (Fsp3) is 0.286. The number of methoxy groups -OCH3 is 1. The molecule has 0 unspecified atom stereocenters. The van der Waals surface area contributed by atoms with Crippen molar-refractivity contribution in [3.63, 3.8) is 0 Å². The first-order chi connectivity index (χ1) is 10.5. The maximum atomic E-state index is 11.7. The van der Waals surface area contributed by atoms with Crippen LogP contribution in [-0.2, 0) is 17.9 Å². The van der Waals surface area contributed by atoms with Crippen molar-refractivity contribution in [1.29, 1.82) is 0 Å². The van der Waals surface area contributed by atoms with Gasteiger partial charge in [0.25, 0.3) is 0 Å². The number of halogens is 3. The molecule has 2 aromatic rings. The van der Waals surface area contributed by atoms with E-state index in [9.17, 15) is 4.79 Å². The van der Waals surface area contributed by atoms with Crippen LogP contribution in [0, 0.1) is 0 Å². The van der Waals surface area contributed by atoms with Gasteiger partial charge in [-0.3, -0.25) is 4.79 Å². The molecule has 0 saturated heterocycles. The second-order valence-electron chi connectivity index (χ2n) is 4.87. The first-order valence-corrected chi connectivity index (χ1v) is 7.52. The molecule has 8 heteroatoms. The molecule has 0 fully saturated rings. The zero-order valence-electron chi connectivity index (χ0n) is 11.5. The van der Waals surface area contributed by atoms with Gasteiger partial charge in [0.1, 0.15) is 22.5 Å². The predicted molar refractivity (Wildman–Crippen MR) is 84.7 cm³/mol. The summed E-state index contributed by atoms with van der Waals surface area (Å²) in [5.41, 5.74) is 2.06. The number of carbonyl (C=O) groups excluding carboxylic acids is 1. The van der Waals surface area contributed by atoms with E-state index in [-0.39, 0.29) is 21.1 Å². The molecule has 1 aliphatic heterocycles. The molecule has 5 nitrogen and oxygen atoms in total. The van der Waals surface area contributed by atoms with Gasteiger partial charge >= 0.3 is 0 Å². The number of amides is 1. The fourth-order valence-electron chi connectivity index (χ4n) is 2.59. The number of aliphatic hydroxyl groups excluding tert-OH is 1. The van der Waals surface area contributed by atoms with Crippen LogP contribution in [0.5, 0.6) is 5.75 Å². The van der Waals surface area contributed by atoms with Gasteiger partial charge in [0.05, 0.1) is 17.6 Å². The number of aromatic nitrogens is 1. The summed E-state index contributed by atoms with van der Waals surface area (Å²) in [6.07, 6.45) is 0. The van der Waals surface area contributed by atoms with Crippen molar-refractivity contribution in [2.45, 2.75) is 13.1 Å². The first-order valence-electron chi connectivity index (χ1n) is 6.39. The van der Waals surface area contributed by atoms with E-state index in [0.29, 0.717) is 24.4 Å². The lowest BCUT2D eigenvalue weighted by atomic mass is 10.1. The Morgan fingerprint density at radius 1 is 1.32 bits per heavy atom. The molecule has 1 aliphatic rings. The maximum Gasteiger partial charge on any atom is 0.248 e. The second-order valence-corrected chi connectivity index (χ2v) is 5.98. The summed E-state index contributed by atoms with van der Waals surface area (Å²) in [4.78, 5) is 17.5. The number of fused-ring (bicyclic) bond motifs is 3. The molecule has 0 atom stereocenters. The number of nitrogens with zero attached hydrogens (tertiary/aromatic N) is 2. The molecule has 1 N–H and O–H groups in total. The minimum Gasteiger partial charge on any atom is -0.495 e. The SMILES string of the molecule is COc1cc2c3c(c(Cl)nc2c(Cl)c1Cl)CN(C(=O)CO)C3. The molecule has 1 aromatic carbocycles. The summed E-state index contributed by atoms with van der Waals surface area (Å²) < 4.78 is 5.22. The van der Waals surface area contributed by atoms with Crippen LogP contribution in [0.1, 0.15) is 11.1 Å². The van der Waals surface area contributed by atoms with Gasteiger partial charge in [-0.1, -0.05) is 34.8 Å². The molecule has 116 valence electrons. The van der Waals surface area contributed by atoms with Crippen molar-refractivity contribution < 1.29 is 14.6 Å². The van der Waals surface area contributed by atoms with E-state index < -0.39 is 6.61 Å². The van der Waals surface area contributed by atoms with Crippen molar-refractivity contribution >= 4 is 51.6 Å². The van der Waals surface area contributed by atoms with Crippen molar-refractivity contribution in [2.75, 3.05) is 13.7 Å². The Morgan fingerprint density at radius 3 is 2.64 bits per heavy atom. The lowest BCUT2D eigenvalue weighted by Crippen LogP contribution is -2.27. The van der Waals surface area contributed by atoms with Gasteiger partial charge < -0.3 is 14.7 Å². The summed E-state index contributed by atoms with van der Waals surface area (Å²) in [6, 6.07) is 1.73. The Balaban J connectivity index is 2.25. The van der Waals surface area contributed by atoms with E-state index in [1.54, 1.807) is 6.07 Å². The van der Waals surface area contributed by atoms with Crippen molar-refractivity contribution in [3.8, 4) is 5.75 Å². The van der Waals surface area contributed by atoms with E-state index in [4.69, 9.17) is 44.6 Å². The van der Waals surface area contributed by atoms with Crippen molar-refractivity contribution in [1.82, 2.24) is 9.88 Å². The van der Waals surface area contributed by atoms with Gasteiger partial charge in [0, 0.05) is 24.0 Å². The van der Waals surface area contributed by atoms with Crippen LogP contribution in [0.15, 0.2) is 6.07 Å². The van der Waals surface area contributed by atoms with Crippen LogP contribution in [0.2, 0.25) is 15.2 Å². The van der Waals surface area contributed by atoms with Gasteiger partial charge in [-0.25, -0.2) is 4.98 Å². The molecule has 0 spiro atoms. The van der Waals surface area contributed by atoms with Crippen LogP contribution in [-0.4, -0.2) is 34.6 Å². The van der Waals surface area contributed by atoms with Crippen LogP contribution in [0.4, 0.5) is 0 Å². The molecule has 2 heterocycles. The van der Waals surface area contributed by atoms with Crippen LogP contribution >= 0.6 is 34.8 Å². The monoisotopic (exact) mass is 360 g/mol. The molecule has 0 saturated carbocycles. The first kappa shape index (κ1) is 15.6. The third-order valence-electron chi connectivity index (χ3n) is 3.70. The Morgan fingerprint density at radius 2 is 2.00 bits per heavy atom. The highest BCUT2D eigenvalue weighted by Crippen LogP contribution is 2.42. The zero-order valence-corrected chi connectivity index (χ0v) is 13.8. The topological polar surface area (TPSA) is 62.7 Å². The quantitative estimate of drug-likeness (QED) is 0.835. The number of hydrogen-bond acceptors (Lipinski definition) is 4. The minimum atomic E-state index is -0.549. The van der Waals surface area contributed by atoms with Crippen LogP contribution < -0.4 is 4.74 Å². The number of aliphatic hydroxyl groups is 1. The highest BCUT2D eigenvalue weighted by molar-refractivity contribution is 6.46. The predicted octanol–water partition coefficient (Wildman–Crippen LogP) is 3.04. The molecular formula is C14H11Cl3N2O3. The highest BCUT2D eigenvalue weighted by Gasteiger charge is 2.29. The summed E-state index contributed by atoms with van der Waals surface area (Å²) in [7, 11) is 1.49. The second kappa shape index (κ2) is 5.74. The third-order valence-corrected chi connectivity index (χ3v) is 4.85. The number of carbonyl (C=O) groups is 1. The van der Waals surface area contributed by atoms with Gasteiger partial charge in [-0.05, 0) is 11.6 Å². The molecule has 1 amide bonds. The fourth-order valence-corrected chi connectivity index (χ4v) is 3.31. The molecule has 0 bridgehead atoms. The molecule has 3 rings (SSSR count). The van der Waals surface area contributed by atoms with Crippen LogP contribution in [0.25, 0.3) is 10.9 Å².